The van der Waals surface area contributed by atoms with Gasteiger partial charge in [0.1, 0.15) is 12.4 Å². The average Bonchev–Trinajstić information content (AvgIpc) is 2.73. The highest BCUT2D eigenvalue weighted by Crippen LogP contribution is 2.35. The second-order valence-electron chi connectivity index (χ2n) is 4.49. The van der Waals surface area contributed by atoms with E-state index >= 15 is 0 Å². The van der Waals surface area contributed by atoms with Gasteiger partial charge in [0.15, 0.2) is 11.5 Å². The smallest absolute Gasteiger partial charge is 0.312 e. The number of aliphatic carboxylic acids is 1. The van der Waals surface area contributed by atoms with Gasteiger partial charge in [-0.1, -0.05) is 0 Å². The lowest BCUT2D eigenvalue weighted by atomic mass is 9.95. The number of ether oxygens (including phenoxy) is 3. The molecule has 1 aliphatic rings. The molecule has 0 amide bonds. The fraction of sp³-hybridized carbons (Fsp3) is 0.417. The van der Waals surface area contributed by atoms with Crippen molar-refractivity contribution in [3.8, 4) is 17.2 Å². The average molecular weight is 238 g/mol. The van der Waals surface area contributed by atoms with E-state index in [0.717, 1.165) is 0 Å². The Hall–Kier alpha value is -1.91. The highest BCUT2D eigenvalue weighted by molar-refractivity contribution is 5.73. The summed E-state index contributed by atoms with van der Waals surface area (Å²) in [5.74, 6) is 0.979. The number of fused-ring (bicyclic) bond motifs is 1. The standard InChI is InChI=1S/C12H14O5/c1-12(2,11(13)14)6-15-8-3-4-9-10(5-8)17-7-16-9/h3-5H,6-7H2,1-2H3,(H,13,14). The molecule has 0 unspecified atom stereocenters. The van der Waals surface area contributed by atoms with Crippen LogP contribution in [0.5, 0.6) is 17.2 Å². The van der Waals surface area contributed by atoms with Crippen molar-refractivity contribution in [3.63, 3.8) is 0 Å². The predicted molar refractivity (Wildman–Crippen MR) is 59.5 cm³/mol. The zero-order chi connectivity index (χ0) is 12.5. The quantitative estimate of drug-likeness (QED) is 0.867. The first kappa shape index (κ1) is 11.6. The molecule has 5 heteroatoms. The molecule has 0 aromatic heterocycles. The molecule has 92 valence electrons. The summed E-state index contributed by atoms with van der Waals surface area (Å²) in [6.07, 6.45) is 0. The molecule has 1 heterocycles. The van der Waals surface area contributed by atoms with Crippen molar-refractivity contribution in [2.75, 3.05) is 13.4 Å². The molecule has 1 aliphatic heterocycles. The lowest BCUT2D eigenvalue weighted by molar-refractivity contribution is -0.148. The summed E-state index contributed by atoms with van der Waals surface area (Å²) in [5.41, 5.74) is -0.920. The minimum absolute atomic E-state index is 0.0992. The SMILES string of the molecule is CC(C)(COc1ccc2c(c1)OCO2)C(=O)O. The first-order chi connectivity index (χ1) is 7.99. The number of hydrogen-bond donors (Lipinski definition) is 1. The van der Waals surface area contributed by atoms with Crippen molar-refractivity contribution in [1.82, 2.24) is 0 Å². The zero-order valence-electron chi connectivity index (χ0n) is 9.73. The molecular formula is C12H14O5. The number of carboxylic acids is 1. The van der Waals surface area contributed by atoms with E-state index in [1.807, 2.05) is 0 Å². The van der Waals surface area contributed by atoms with Crippen molar-refractivity contribution >= 4 is 5.97 Å². The Bertz CT molecular complexity index is 439. The monoisotopic (exact) mass is 238 g/mol. The van der Waals surface area contributed by atoms with E-state index in [1.165, 1.54) is 0 Å². The van der Waals surface area contributed by atoms with E-state index < -0.39 is 11.4 Å². The highest BCUT2D eigenvalue weighted by atomic mass is 16.7. The molecule has 0 spiro atoms. The van der Waals surface area contributed by atoms with Gasteiger partial charge in [0.05, 0.1) is 5.41 Å². The van der Waals surface area contributed by atoms with Gasteiger partial charge >= 0.3 is 5.97 Å². The van der Waals surface area contributed by atoms with Gasteiger partial charge in [0.2, 0.25) is 6.79 Å². The van der Waals surface area contributed by atoms with Gasteiger partial charge in [-0.05, 0) is 26.0 Å². The van der Waals surface area contributed by atoms with Crippen molar-refractivity contribution in [2.45, 2.75) is 13.8 Å². The Morgan fingerprint density at radius 1 is 1.41 bits per heavy atom. The first-order valence-corrected chi connectivity index (χ1v) is 5.25. The van der Waals surface area contributed by atoms with E-state index in [2.05, 4.69) is 0 Å². The maximum absolute atomic E-state index is 10.9. The molecule has 1 aromatic carbocycles. The van der Waals surface area contributed by atoms with Crippen LogP contribution in [0.1, 0.15) is 13.8 Å². The number of benzene rings is 1. The van der Waals surface area contributed by atoms with Crippen molar-refractivity contribution in [1.29, 1.82) is 0 Å². The van der Waals surface area contributed by atoms with Crippen LogP contribution in [0.25, 0.3) is 0 Å². The van der Waals surface area contributed by atoms with Crippen LogP contribution < -0.4 is 14.2 Å². The molecule has 0 aliphatic carbocycles. The molecule has 2 rings (SSSR count). The van der Waals surface area contributed by atoms with Crippen LogP contribution in [0.15, 0.2) is 18.2 Å². The summed E-state index contributed by atoms with van der Waals surface area (Å²) in [6.45, 7) is 3.53. The number of carboxylic acid groups (broad SMARTS) is 1. The summed E-state index contributed by atoms with van der Waals surface area (Å²) < 4.78 is 15.8. The normalized spacial score (nSPS) is 13.5. The molecule has 5 nitrogen and oxygen atoms in total. The molecule has 0 atom stereocenters. The minimum Gasteiger partial charge on any atom is -0.492 e. The van der Waals surface area contributed by atoms with E-state index in [4.69, 9.17) is 19.3 Å². The van der Waals surface area contributed by atoms with Crippen LogP contribution >= 0.6 is 0 Å². The molecule has 1 N–H and O–H groups in total. The lowest BCUT2D eigenvalue weighted by Gasteiger charge is -2.19. The molecule has 0 saturated carbocycles. The zero-order valence-corrected chi connectivity index (χ0v) is 9.73. The summed E-state index contributed by atoms with van der Waals surface area (Å²) in [4.78, 5) is 10.9. The van der Waals surface area contributed by atoms with Gasteiger partial charge in [-0.3, -0.25) is 4.79 Å². The van der Waals surface area contributed by atoms with Gasteiger partial charge in [0.25, 0.3) is 0 Å². The van der Waals surface area contributed by atoms with Crippen LogP contribution in [-0.2, 0) is 4.79 Å². The summed E-state index contributed by atoms with van der Waals surface area (Å²) in [5, 5.41) is 8.95. The number of rotatable bonds is 4. The van der Waals surface area contributed by atoms with Crippen LogP contribution in [0.4, 0.5) is 0 Å². The Balaban J connectivity index is 2.03. The third kappa shape index (κ3) is 2.43. The highest BCUT2D eigenvalue weighted by Gasteiger charge is 2.28. The molecule has 17 heavy (non-hydrogen) atoms. The van der Waals surface area contributed by atoms with E-state index in [-0.39, 0.29) is 13.4 Å². The Labute approximate surface area is 98.9 Å². The largest absolute Gasteiger partial charge is 0.492 e. The van der Waals surface area contributed by atoms with Crippen LogP contribution in [0, 0.1) is 5.41 Å². The van der Waals surface area contributed by atoms with E-state index in [0.29, 0.717) is 17.2 Å². The lowest BCUT2D eigenvalue weighted by Crippen LogP contribution is -2.30. The molecule has 0 saturated heterocycles. The van der Waals surface area contributed by atoms with Crippen molar-refractivity contribution < 1.29 is 24.1 Å². The Morgan fingerprint density at radius 3 is 2.82 bits per heavy atom. The van der Waals surface area contributed by atoms with Gasteiger partial charge in [-0.25, -0.2) is 0 Å². The topological polar surface area (TPSA) is 65.0 Å². The summed E-state index contributed by atoms with van der Waals surface area (Å²) in [7, 11) is 0. The number of carbonyl (C=O) groups is 1. The maximum atomic E-state index is 10.9. The van der Waals surface area contributed by atoms with Gasteiger partial charge < -0.3 is 19.3 Å². The first-order valence-electron chi connectivity index (χ1n) is 5.25. The summed E-state index contributed by atoms with van der Waals surface area (Å²) >= 11 is 0. The molecule has 1 aromatic rings. The van der Waals surface area contributed by atoms with Gasteiger partial charge in [-0.2, -0.15) is 0 Å². The second kappa shape index (κ2) is 4.16. The molecule has 0 bridgehead atoms. The molecule has 0 radical (unpaired) electrons. The Kier molecular flexibility index (Phi) is 2.83. The third-order valence-corrected chi connectivity index (χ3v) is 2.52. The fourth-order valence-corrected chi connectivity index (χ4v) is 1.29. The molecular weight excluding hydrogens is 224 g/mol. The minimum atomic E-state index is -0.920. The van der Waals surface area contributed by atoms with Gasteiger partial charge in [0, 0.05) is 6.07 Å². The van der Waals surface area contributed by atoms with Gasteiger partial charge in [-0.15, -0.1) is 0 Å². The molecule has 0 fully saturated rings. The third-order valence-electron chi connectivity index (χ3n) is 2.52. The van der Waals surface area contributed by atoms with Crippen LogP contribution in [0.3, 0.4) is 0 Å². The van der Waals surface area contributed by atoms with Crippen LogP contribution in [0.2, 0.25) is 0 Å². The predicted octanol–water partition coefficient (Wildman–Crippen LogP) is 1.90. The van der Waals surface area contributed by atoms with Crippen molar-refractivity contribution in [2.24, 2.45) is 5.41 Å². The second-order valence-corrected chi connectivity index (χ2v) is 4.49. The van der Waals surface area contributed by atoms with E-state index in [1.54, 1.807) is 32.0 Å². The summed E-state index contributed by atoms with van der Waals surface area (Å²) in [6, 6.07) is 5.16. The van der Waals surface area contributed by atoms with Crippen LogP contribution in [-0.4, -0.2) is 24.5 Å². The van der Waals surface area contributed by atoms with Crippen molar-refractivity contribution in [3.05, 3.63) is 18.2 Å². The fourth-order valence-electron chi connectivity index (χ4n) is 1.29. The maximum Gasteiger partial charge on any atom is 0.312 e. The number of hydrogen-bond acceptors (Lipinski definition) is 4. The van der Waals surface area contributed by atoms with E-state index in [9.17, 15) is 4.79 Å². The Morgan fingerprint density at radius 2 is 2.12 bits per heavy atom.